The minimum absolute atomic E-state index is 0.0500. The van der Waals surface area contributed by atoms with Crippen LogP contribution < -0.4 is 5.73 Å². The summed E-state index contributed by atoms with van der Waals surface area (Å²) in [6.45, 7) is 3.53. The number of allylic oxidation sites excluding steroid dienone is 14. The van der Waals surface area contributed by atoms with Crippen LogP contribution in [0.25, 0.3) is 0 Å². The van der Waals surface area contributed by atoms with Gasteiger partial charge in [-0.25, -0.2) is 4.57 Å². The van der Waals surface area contributed by atoms with Crippen molar-refractivity contribution >= 4 is 19.8 Å². The second-order valence-electron chi connectivity index (χ2n) is 19.1. The Morgan fingerprint density at radius 1 is 0.423 bits per heavy atom. The summed E-state index contributed by atoms with van der Waals surface area (Å²) < 4.78 is 33.0. The number of hydrogen-bond donors (Lipinski definition) is 2. The van der Waals surface area contributed by atoms with Crippen LogP contribution in [0, 0.1) is 0 Å². The molecule has 2 atom stereocenters. The van der Waals surface area contributed by atoms with Gasteiger partial charge in [-0.1, -0.05) is 247 Å². The number of nitrogens with two attached hydrogens (primary N) is 1. The highest BCUT2D eigenvalue weighted by molar-refractivity contribution is 7.47. The first kappa shape index (κ1) is 68.2. The van der Waals surface area contributed by atoms with E-state index in [9.17, 15) is 19.0 Å². The number of unbranched alkanes of at least 4 members (excludes halogenated alkanes) is 27. The maximum atomic E-state index is 12.7. The van der Waals surface area contributed by atoms with Crippen LogP contribution in [-0.2, 0) is 32.7 Å². The highest BCUT2D eigenvalue weighted by Crippen LogP contribution is 2.43. The molecular weight excluding hydrogens is 906 g/mol. The molecule has 71 heavy (non-hydrogen) atoms. The van der Waals surface area contributed by atoms with E-state index in [0.717, 1.165) is 96.3 Å². The summed E-state index contributed by atoms with van der Waals surface area (Å²) in [6.07, 6.45) is 73.6. The fourth-order valence-electron chi connectivity index (χ4n) is 8.05. The van der Waals surface area contributed by atoms with Crippen molar-refractivity contribution in [3.8, 4) is 0 Å². The van der Waals surface area contributed by atoms with E-state index in [1.54, 1.807) is 0 Å². The number of esters is 2. The summed E-state index contributed by atoms with van der Waals surface area (Å²) in [5.74, 6) is -0.834. The van der Waals surface area contributed by atoms with E-state index in [0.29, 0.717) is 6.42 Å². The molecule has 3 N–H and O–H groups in total. The summed E-state index contributed by atoms with van der Waals surface area (Å²) in [7, 11) is -4.39. The third-order valence-electron chi connectivity index (χ3n) is 12.3. The van der Waals surface area contributed by atoms with E-state index in [4.69, 9.17) is 24.3 Å². The van der Waals surface area contributed by atoms with Crippen molar-refractivity contribution in [2.75, 3.05) is 26.4 Å². The van der Waals surface area contributed by atoms with Crippen LogP contribution in [0.15, 0.2) is 85.1 Å². The lowest BCUT2D eigenvalue weighted by atomic mass is 10.0. The van der Waals surface area contributed by atoms with Crippen molar-refractivity contribution in [3.05, 3.63) is 85.1 Å². The number of carbonyl (C=O) groups excluding carboxylic acids is 2. The van der Waals surface area contributed by atoms with Gasteiger partial charge in [0.15, 0.2) is 6.10 Å². The molecule has 0 fully saturated rings. The van der Waals surface area contributed by atoms with Crippen LogP contribution >= 0.6 is 7.82 Å². The maximum Gasteiger partial charge on any atom is 0.472 e. The summed E-state index contributed by atoms with van der Waals surface area (Å²) in [4.78, 5) is 35.1. The standard InChI is InChI=1S/C61H108NO8P/c1-3-5-7-9-11-13-15-17-19-21-22-23-24-25-26-27-28-29-30-31-32-33-34-35-36-38-40-42-44-46-48-50-52-54-61(64)70-59(58-69-71(65,66)68-56-55-62)57-67-60(63)53-51-49-47-45-43-41-39-37-20-18-16-14-12-10-8-6-4-2/h5-8,11-14,17-20,22-23,59H,3-4,9-10,15-16,21,24-58,62H2,1-2H3,(H,65,66)/b7-5-,8-6-,13-11-,14-12-,19-17-,20-18-,23-22-. The minimum atomic E-state index is -4.39. The van der Waals surface area contributed by atoms with Crippen molar-refractivity contribution in [2.45, 2.75) is 264 Å². The molecule has 0 saturated heterocycles. The van der Waals surface area contributed by atoms with Gasteiger partial charge in [0, 0.05) is 19.4 Å². The van der Waals surface area contributed by atoms with Gasteiger partial charge in [-0.05, 0) is 83.5 Å². The Balaban J connectivity index is 3.89. The van der Waals surface area contributed by atoms with Gasteiger partial charge in [0.05, 0.1) is 13.2 Å². The largest absolute Gasteiger partial charge is 0.472 e. The van der Waals surface area contributed by atoms with E-state index in [-0.39, 0.29) is 38.6 Å². The smallest absolute Gasteiger partial charge is 0.462 e. The molecule has 0 spiro atoms. The Morgan fingerprint density at radius 2 is 0.732 bits per heavy atom. The third-order valence-corrected chi connectivity index (χ3v) is 13.3. The lowest BCUT2D eigenvalue weighted by Gasteiger charge is -2.19. The molecule has 9 nitrogen and oxygen atoms in total. The number of carbonyl (C=O) groups is 2. The fraction of sp³-hybridized carbons (Fsp3) is 0.738. The number of rotatable bonds is 54. The predicted octanol–water partition coefficient (Wildman–Crippen LogP) is 18.3. The molecule has 0 saturated carbocycles. The summed E-state index contributed by atoms with van der Waals surface area (Å²) >= 11 is 0. The number of phosphoric ester groups is 1. The van der Waals surface area contributed by atoms with Crippen molar-refractivity contribution in [1.29, 1.82) is 0 Å². The Bertz CT molecular complexity index is 1440. The molecule has 0 radical (unpaired) electrons. The monoisotopic (exact) mass is 1010 g/mol. The van der Waals surface area contributed by atoms with Gasteiger partial charge in [-0.3, -0.25) is 18.6 Å². The topological polar surface area (TPSA) is 134 Å². The molecule has 0 bridgehead atoms. The van der Waals surface area contributed by atoms with Crippen LogP contribution in [0.5, 0.6) is 0 Å². The molecule has 0 aliphatic rings. The second kappa shape index (κ2) is 56.5. The number of phosphoric acid groups is 1. The molecular formula is C61H108NO8P. The normalized spacial score (nSPS) is 13.7. The summed E-state index contributed by atoms with van der Waals surface area (Å²) in [6, 6.07) is 0. The SMILES string of the molecule is CC/C=C\C/C=C\C/C=C\C/C=C\CCCCCCCCCCCCCCCCCCCCCCC(=O)OC(COC(=O)CCCCCCCCC/C=C\C/C=C\C/C=C\CC)COP(=O)(O)OCCN. The van der Waals surface area contributed by atoms with Gasteiger partial charge in [0.2, 0.25) is 0 Å². The van der Waals surface area contributed by atoms with E-state index in [1.807, 2.05) is 0 Å². The second-order valence-corrected chi connectivity index (χ2v) is 20.6. The lowest BCUT2D eigenvalue weighted by molar-refractivity contribution is -0.161. The van der Waals surface area contributed by atoms with Gasteiger partial charge < -0.3 is 20.1 Å². The Labute approximate surface area is 436 Å². The highest BCUT2D eigenvalue weighted by atomic mass is 31.2. The van der Waals surface area contributed by atoms with Gasteiger partial charge in [-0.15, -0.1) is 0 Å². The van der Waals surface area contributed by atoms with E-state index in [1.165, 1.54) is 128 Å². The Morgan fingerprint density at radius 3 is 1.08 bits per heavy atom. The van der Waals surface area contributed by atoms with E-state index < -0.39 is 26.5 Å². The molecule has 0 aliphatic heterocycles. The van der Waals surface area contributed by atoms with Crippen molar-refractivity contribution < 1.29 is 37.6 Å². The van der Waals surface area contributed by atoms with Gasteiger partial charge in [0.25, 0.3) is 0 Å². The van der Waals surface area contributed by atoms with Crippen LogP contribution in [0.1, 0.15) is 258 Å². The average Bonchev–Trinajstić information content (AvgIpc) is 3.36. The van der Waals surface area contributed by atoms with E-state index in [2.05, 4.69) is 98.9 Å². The average molecular weight is 1010 g/mol. The zero-order valence-electron chi connectivity index (χ0n) is 45.7. The summed E-state index contributed by atoms with van der Waals surface area (Å²) in [5.41, 5.74) is 5.38. The van der Waals surface area contributed by atoms with Gasteiger partial charge in [-0.2, -0.15) is 0 Å². The zero-order valence-corrected chi connectivity index (χ0v) is 46.6. The van der Waals surface area contributed by atoms with Crippen molar-refractivity contribution in [3.63, 3.8) is 0 Å². The predicted molar refractivity (Wildman–Crippen MR) is 302 cm³/mol. The first-order valence-corrected chi connectivity index (χ1v) is 30.6. The van der Waals surface area contributed by atoms with Crippen LogP contribution in [0.4, 0.5) is 0 Å². The van der Waals surface area contributed by atoms with E-state index >= 15 is 0 Å². The molecule has 0 aromatic carbocycles. The van der Waals surface area contributed by atoms with Crippen LogP contribution in [-0.4, -0.2) is 49.3 Å². The van der Waals surface area contributed by atoms with Gasteiger partial charge in [0.1, 0.15) is 6.61 Å². The molecule has 410 valence electrons. The van der Waals surface area contributed by atoms with Crippen molar-refractivity contribution in [2.24, 2.45) is 5.73 Å². The Hall–Kier alpha value is -2.81. The van der Waals surface area contributed by atoms with Crippen LogP contribution in [0.2, 0.25) is 0 Å². The number of ether oxygens (including phenoxy) is 2. The molecule has 2 unspecified atom stereocenters. The first-order chi connectivity index (χ1) is 34.8. The minimum Gasteiger partial charge on any atom is -0.462 e. The van der Waals surface area contributed by atoms with Gasteiger partial charge >= 0.3 is 19.8 Å². The molecule has 0 aliphatic carbocycles. The Kier molecular flexibility index (Phi) is 54.2. The molecule has 0 aromatic rings. The fourth-order valence-corrected chi connectivity index (χ4v) is 8.82. The van der Waals surface area contributed by atoms with Crippen molar-refractivity contribution in [1.82, 2.24) is 0 Å². The number of hydrogen-bond acceptors (Lipinski definition) is 8. The first-order valence-electron chi connectivity index (χ1n) is 29.1. The molecule has 0 heterocycles. The third kappa shape index (κ3) is 56.3. The zero-order chi connectivity index (χ0) is 51.7. The quantitative estimate of drug-likeness (QED) is 0.0264. The molecule has 0 rings (SSSR count). The highest BCUT2D eigenvalue weighted by Gasteiger charge is 2.26. The lowest BCUT2D eigenvalue weighted by Crippen LogP contribution is -2.29. The summed E-state index contributed by atoms with van der Waals surface area (Å²) in [5, 5.41) is 0. The maximum absolute atomic E-state index is 12.7. The molecule has 10 heteroatoms. The van der Waals surface area contributed by atoms with Crippen LogP contribution in [0.3, 0.4) is 0 Å². The molecule has 0 amide bonds. The molecule has 0 aromatic heterocycles.